The number of H-pyrrole nitrogens is 1. The topological polar surface area (TPSA) is 109 Å². The van der Waals surface area contributed by atoms with E-state index in [4.69, 9.17) is 21.1 Å². The molecule has 9 nitrogen and oxygen atoms in total. The van der Waals surface area contributed by atoms with Gasteiger partial charge in [-0.25, -0.2) is 9.97 Å². The van der Waals surface area contributed by atoms with Gasteiger partial charge in [0.15, 0.2) is 5.65 Å². The summed E-state index contributed by atoms with van der Waals surface area (Å²) < 4.78 is 10.2. The van der Waals surface area contributed by atoms with Gasteiger partial charge in [-0.15, -0.1) is 0 Å². The molecular weight excluding hydrogens is 434 g/mol. The predicted molar refractivity (Wildman–Crippen MR) is 121 cm³/mol. The molecule has 1 aliphatic heterocycles. The number of carbonyl (C=O) groups excluding carboxylic acids is 2. The minimum absolute atomic E-state index is 0.0169. The van der Waals surface area contributed by atoms with Crippen LogP contribution >= 0.6 is 11.6 Å². The first-order valence-corrected chi connectivity index (χ1v) is 10.8. The highest BCUT2D eigenvalue weighted by atomic mass is 35.5. The molecule has 1 aromatic carbocycles. The molecule has 3 heterocycles. The molecule has 1 fully saturated rings. The molecule has 1 amide bonds. The van der Waals surface area contributed by atoms with E-state index in [2.05, 4.69) is 25.2 Å². The monoisotopic (exact) mass is 457 g/mol. The number of carbonyl (C=O) groups is 2. The van der Waals surface area contributed by atoms with E-state index in [1.165, 1.54) is 0 Å². The molecule has 0 aliphatic carbocycles. The number of nitrogens with zero attached hydrogens (tertiary/aromatic N) is 3. The number of morpholine rings is 1. The van der Waals surface area contributed by atoms with E-state index in [1.807, 2.05) is 24.3 Å². The van der Waals surface area contributed by atoms with Crippen molar-refractivity contribution in [3.05, 3.63) is 41.2 Å². The van der Waals surface area contributed by atoms with Gasteiger partial charge >= 0.3 is 5.97 Å². The molecule has 2 N–H and O–H groups in total. The number of benzene rings is 1. The number of esters is 1. The number of anilines is 1. The number of aromatic nitrogens is 3. The van der Waals surface area contributed by atoms with Gasteiger partial charge in [0.1, 0.15) is 12.4 Å². The van der Waals surface area contributed by atoms with Gasteiger partial charge in [-0.2, -0.15) is 0 Å². The SMILES string of the molecule is CCOC(=O)CNC(=O)Cc1nc2nc(-c3ccc(N4CCOCC4)cc3)c(Cl)cc2[nH]1. The second-order valence-corrected chi connectivity index (χ2v) is 7.69. The number of fused-ring (bicyclic) bond motifs is 1. The van der Waals surface area contributed by atoms with E-state index in [0.29, 0.717) is 27.7 Å². The molecule has 0 bridgehead atoms. The first-order valence-electron chi connectivity index (χ1n) is 10.4. The van der Waals surface area contributed by atoms with Crippen LogP contribution in [0.1, 0.15) is 12.7 Å². The zero-order valence-electron chi connectivity index (χ0n) is 17.7. The molecule has 1 aliphatic rings. The van der Waals surface area contributed by atoms with Crippen LogP contribution in [-0.2, 0) is 25.5 Å². The summed E-state index contributed by atoms with van der Waals surface area (Å²) in [7, 11) is 0. The molecule has 4 rings (SSSR count). The van der Waals surface area contributed by atoms with Crippen molar-refractivity contribution in [1.82, 2.24) is 20.3 Å². The standard InChI is InChI=1S/C22H24ClN5O4/c1-2-32-20(30)13-24-19(29)12-18-25-17-11-16(23)21(27-22(17)26-18)14-3-5-15(6-4-14)28-7-9-31-10-8-28/h3-6,11H,2,7-10,12-13H2,1H3,(H,24,29)(H,25,26,27). The third kappa shape index (κ3) is 5.17. The Morgan fingerprint density at radius 2 is 1.97 bits per heavy atom. The third-order valence-electron chi connectivity index (χ3n) is 5.06. The average molecular weight is 458 g/mol. The first kappa shape index (κ1) is 22.0. The number of rotatable bonds is 7. The highest BCUT2D eigenvalue weighted by molar-refractivity contribution is 6.33. The molecule has 3 aromatic rings. The maximum atomic E-state index is 12.1. The number of amides is 1. The van der Waals surface area contributed by atoms with Crippen molar-refractivity contribution >= 4 is 40.3 Å². The molecule has 2 aromatic heterocycles. The van der Waals surface area contributed by atoms with Crippen LogP contribution < -0.4 is 10.2 Å². The summed E-state index contributed by atoms with van der Waals surface area (Å²) in [6.07, 6.45) is -0.0169. The summed E-state index contributed by atoms with van der Waals surface area (Å²) in [4.78, 5) is 37.8. The van der Waals surface area contributed by atoms with Crippen molar-refractivity contribution in [3.63, 3.8) is 0 Å². The van der Waals surface area contributed by atoms with Crippen LogP contribution in [0, 0.1) is 0 Å². The Morgan fingerprint density at radius 1 is 1.22 bits per heavy atom. The van der Waals surface area contributed by atoms with Crippen molar-refractivity contribution in [2.75, 3.05) is 44.4 Å². The van der Waals surface area contributed by atoms with Crippen molar-refractivity contribution in [2.24, 2.45) is 0 Å². The van der Waals surface area contributed by atoms with E-state index in [0.717, 1.165) is 37.6 Å². The fourth-order valence-corrected chi connectivity index (χ4v) is 3.76. The van der Waals surface area contributed by atoms with Gasteiger partial charge in [0.2, 0.25) is 5.91 Å². The number of ether oxygens (including phenoxy) is 2. The molecular formula is C22H24ClN5O4. The molecule has 0 radical (unpaired) electrons. The Kier molecular flexibility index (Phi) is 6.87. The quantitative estimate of drug-likeness (QED) is 0.524. The Balaban J connectivity index is 1.47. The zero-order valence-corrected chi connectivity index (χ0v) is 18.4. The highest BCUT2D eigenvalue weighted by Crippen LogP contribution is 2.30. The van der Waals surface area contributed by atoms with Crippen molar-refractivity contribution in [1.29, 1.82) is 0 Å². The summed E-state index contributed by atoms with van der Waals surface area (Å²) >= 11 is 6.49. The summed E-state index contributed by atoms with van der Waals surface area (Å²) in [5, 5.41) is 2.99. The molecule has 10 heteroatoms. The molecule has 0 atom stereocenters. The number of imidazole rings is 1. The van der Waals surface area contributed by atoms with Gasteiger partial charge < -0.3 is 24.7 Å². The third-order valence-corrected chi connectivity index (χ3v) is 5.34. The van der Waals surface area contributed by atoms with Crippen LogP contribution in [0.2, 0.25) is 5.02 Å². The maximum absolute atomic E-state index is 12.1. The first-order chi connectivity index (χ1) is 15.5. The Morgan fingerprint density at radius 3 is 2.69 bits per heavy atom. The molecule has 0 saturated carbocycles. The Labute approximate surface area is 190 Å². The van der Waals surface area contributed by atoms with Gasteiger partial charge in [-0.3, -0.25) is 9.59 Å². The van der Waals surface area contributed by atoms with Crippen molar-refractivity contribution < 1.29 is 19.1 Å². The van der Waals surface area contributed by atoms with E-state index in [-0.39, 0.29) is 25.5 Å². The number of halogens is 1. The molecule has 1 saturated heterocycles. The number of hydrogen-bond donors (Lipinski definition) is 2. The second kappa shape index (κ2) is 9.97. The van der Waals surface area contributed by atoms with E-state index in [1.54, 1.807) is 13.0 Å². The molecule has 0 spiro atoms. The van der Waals surface area contributed by atoms with Gasteiger partial charge in [-0.05, 0) is 25.1 Å². The predicted octanol–water partition coefficient (Wildman–Crippen LogP) is 2.34. The van der Waals surface area contributed by atoms with Gasteiger partial charge in [0, 0.05) is 24.3 Å². The largest absolute Gasteiger partial charge is 0.465 e. The zero-order chi connectivity index (χ0) is 22.5. The summed E-state index contributed by atoms with van der Waals surface area (Å²) in [6.45, 7) is 4.99. The van der Waals surface area contributed by atoms with Crippen LogP contribution in [0.15, 0.2) is 30.3 Å². The second-order valence-electron chi connectivity index (χ2n) is 7.28. The fraction of sp³-hybridized carbons (Fsp3) is 0.364. The lowest BCUT2D eigenvalue weighted by Crippen LogP contribution is -2.36. The highest BCUT2D eigenvalue weighted by Gasteiger charge is 2.15. The molecule has 0 unspecified atom stereocenters. The van der Waals surface area contributed by atoms with Crippen molar-refractivity contribution in [3.8, 4) is 11.3 Å². The fourth-order valence-electron chi connectivity index (χ4n) is 3.50. The lowest BCUT2D eigenvalue weighted by Gasteiger charge is -2.28. The normalized spacial score (nSPS) is 13.9. The van der Waals surface area contributed by atoms with Gasteiger partial charge in [-0.1, -0.05) is 23.7 Å². The average Bonchev–Trinajstić information content (AvgIpc) is 3.19. The number of hydrogen-bond acceptors (Lipinski definition) is 7. The minimum Gasteiger partial charge on any atom is -0.465 e. The van der Waals surface area contributed by atoms with Crippen LogP contribution in [0.5, 0.6) is 0 Å². The van der Waals surface area contributed by atoms with Crippen LogP contribution in [0.4, 0.5) is 5.69 Å². The van der Waals surface area contributed by atoms with Crippen molar-refractivity contribution in [2.45, 2.75) is 13.3 Å². The number of pyridine rings is 1. The lowest BCUT2D eigenvalue weighted by molar-refractivity contribution is -0.143. The van der Waals surface area contributed by atoms with Crippen LogP contribution in [0.25, 0.3) is 22.4 Å². The molecule has 32 heavy (non-hydrogen) atoms. The summed E-state index contributed by atoms with van der Waals surface area (Å²) in [5.74, 6) is -0.393. The van der Waals surface area contributed by atoms with E-state index < -0.39 is 5.97 Å². The van der Waals surface area contributed by atoms with E-state index >= 15 is 0 Å². The van der Waals surface area contributed by atoms with Gasteiger partial charge in [0.25, 0.3) is 0 Å². The molecule has 168 valence electrons. The maximum Gasteiger partial charge on any atom is 0.325 e. The smallest absolute Gasteiger partial charge is 0.325 e. The number of aromatic amines is 1. The lowest BCUT2D eigenvalue weighted by atomic mass is 10.1. The minimum atomic E-state index is -0.483. The van der Waals surface area contributed by atoms with Crippen LogP contribution in [-0.4, -0.2) is 66.3 Å². The Bertz CT molecular complexity index is 1110. The van der Waals surface area contributed by atoms with Crippen LogP contribution in [0.3, 0.4) is 0 Å². The van der Waals surface area contributed by atoms with E-state index in [9.17, 15) is 9.59 Å². The summed E-state index contributed by atoms with van der Waals surface area (Å²) in [5.41, 5.74) is 3.74. The summed E-state index contributed by atoms with van der Waals surface area (Å²) in [6, 6.07) is 9.82. The number of nitrogens with one attached hydrogen (secondary N) is 2. The Hall–Kier alpha value is -3.17. The van der Waals surface area contributed by atoms with Gasteiger partial charge in [0.05, 0.1) is 42.5 Å².